The van der Waals surface area contributed by atoms with Crippen LogP contribution < -0.4 is 5.32 Å². The maximum Gasteiger partial charge on any atom is 0.327 e. The highest BCUT2D eigenvalue weighted by Crippen LogP contribution is 2.45. The van der Waals surface area contributed by atoms with Crippen molar-refractivity contribution < 1.29 is 14.6 Å². The number of hydrogen-bond donors (Lipinski definition) is 2. The largest absolute Gasteiger partial charge is 0.480 e. The molecule has 0 bridgehead atoms. The Kier molecular flexibility index (Phi) is 3.18. The second-order valence-corrected chi connectivity index (χ2v) is 5.43. The van der Waals surface area contributed by atoms with E-state index in [1.807, 2.05) is 27.7 Å². The first kappa shape index (κ1) is 13.2. The van der Waals surface area contributed by atoms with Crippen LogP contribution in [0.1, 0.15) is 34.1 Å². The molecule has 1 aliphatic heterocycles. The smallest absolute Gasteiger partial charge is 0.327 e. The fourth-order valence-corrected chi connectivity index (χ4v) is 2.60. The average Bonchev–Trinajstić information content (AvgIpc) is 2.28. The van der Waals surface area contributed by atoms with Gasteiger partial charge in [0.05, 0.1) is 11.2 Å². The summed E-state index contributed by atoms with van der Waals surface area (Å²) >= 11 is 0. The van der Waals surface area contributed by atoms with E-state index in [1.165, 1.54) is 0 Å². The molecule has 92 valence electrons. The number of nitrogens with one attached hydrogen (secondary N) is 1. The van der Waals surface area contributed by atoms with Gasteiger partial charge in [-0.25, -0.2) is 0 Å². The first-order chi connectivity index (χ1) is 7.17. The van der Waals surface area contributed by atoms with Crippen LogP contribution in [0, 0.1) is 0 Å². The van der Waals surface area contributed by atoms with Crippen molar-refractivity contribution in [3.05, 3.63) is 12.7 Å². The van der Waals surface area contributed by atoms with Crippen molar-refractivity contribution in [1.82, 2.24) is 5.32 Å². The van der Waals surface area contributed by atoms with E-state index < -0.39 is 22.7 Å². The number of rotatable bonds is 4. The summed E-state index contributed by atoms with van der Waals surface area (Å²) in [5, 5.41) is 12.5. The Hall–Kier alpha value is -0.870. The minimum absolute atomic E-state index is 0.434. The highest BCUT2D eigenvalue weighted by Gasteiger charge is 2.61. The summed E-state index contributed by atoms with van der Waals surface area (Å²) in [7, 11) is 0. The van der Waals surface area contributed by atoms with Crippen LogP contribution >= 0.6 is 0 Å². The van der Waals surface area contributed by atoms with Gasteiger partial charge in [-0.2, -0.15) is 0 Å². The van der Waals surface area contributed by atoms with Crippen molar-refractivity contribution in [2.24, 2.45) is 0 Å². The molecule has 0 aromatic rings. The van der Waals surface area contributed by atoms with Gasteiger partial charge in [0.2, 0.25) is 0 Å². The average molecular weight is 227 g/mol. The normalized spacial score (nSPS) is 31.2. The molecule has 0 aliphatic carbocycles. The number of carboxylic acids is 1. The molecule has 0 amide bonds. The number of aliphatic carboxylic acids is 1. The van der Waals surface area contributed by atoms with E-state index in [-0.39, 0.29) is 0 Å². The lowest BCUT2D eigenvalue weighted by Gasteiger charge is -2.36. The maximum atomic E-state index is 11.6. The van der Waals surface area contributed by atoms with Crippen molar-refractivity contribution in [2.75, 3.05) is 6.54 Å². The number of carbonyl (C=O) groups is 1. The summed E-state index contributed by atoms with van der Waals surface area (Å²) in [4.78, 5) is 11.6. The predicted molar refractivity (Wildman–Crippen MR) is 62.4 cm³/mol. The summed E-state index contributed by atoms with van der Waals surface area (Å²) in [6, 6.07) is 0. The van der Waals surface area contributed by atoms with E-state index in [9.17, 15) is 9.90 Å². The molecule has 0 saturated carbocycles. The highest BCUT2D eigenvalue weighted by molar-refractivity contribution is 5.81. The lowest BCUT2D eigenvalue weighted by Crippen LogP contribution is -2.62. The summed E-state index contributed by atoms with van der Waals surface area (Å²) in [6.07, 6.45) is 2.10. The monoisotopic (exact) mass is 227 g/mol. The van der Waals surface area contributed by atoms with Crippen molar-refractivity contribution in [2.45, 2.75) is 50.9 Å². The van der Waals surface area contributed by atoms with Crippen LogP contribution in [0.2, 0.25) is 0 Å². The Morgan fingerprint density at radius 1 is 1.50 bits per heavy atom. The zero-order valence-electron chi connectivity index (χ0n) is 10.5. The van der Waals surface area contributed by atoms with Gasteiger partial charge < -0.3 is 9.84 Å². The van der Waals surface area contributed by atoms with Crippen LogP contribution in [0.25, 0.3) is 0 Å². The van der Waals surface area contributed by atoms with E-state index in [0.29, 0.717) is 13.0 Å². The van der Waals surface area contributed by atoms with Crippen molar-refractivity contribution >= 4 is 5.97 Å². The van der Waals surface area contributed by atoms with Crippen LogP contribution in [0.3, 0.4) is 0 Å². The van der Waals surface area contributed by atoms with Gasteiger partial charge in [0.1, 0.15) is 5.54 Å². The summed E-state index contributed by atoms with van der Waals surface area (Å²) in [6.45, 7) is 11.5. The van der Waals surface area contributed by atoms with Gasteiger partial charge in [0, 0.05) is 13.0 Å². The fourth-order valence-electron chi connectivity index (χ4n) is 2.60. The van der Waals surface area contributed by atoms with E-state index >= 15 is 0 Å². The second kappa shape index (κ2) is 3.86. The van der Waals surface area contributed by atoms with Gasteiger partial charge in [-0.1, -0.05) is 6.08 Å². The third kappa shape index (κ3) is 1.99. The zero-order chi connectivity index (χ0) is 12.6. The minimum atomic E-state index is -1.05. The molecule has 16 heavy (non-hydrogen) atoms. The molecule has 0 radical (unpaired) electrons. The molecule has 0 aromatic carbocycles. The molecule has 1 saturated heterocycles. The molecule has 0 aromatic heterocycles. The molecule has 0 spiro atoms. The van der Waals surface area contributed by atoms with Crippen molar-refractivity contribution in [3.8, 4) is 0 Å². The second-order valence-electron chi connectivity index (χ2n) is 5.43. The SMILES string of the molecule is C=CCNC1(C(=O)O)CC(C)(C)OC1(C)C. The van der Waals surface area contributed by atoms with Crippen LogP contribution in [-0.4, -0.2) is 34.4 Å². The third-order valence-electron chi connectivity index (χ3n) is 3.16. The van der Waals surface area contributed by atoms with Gasteiger partial charge in [0.15, 0.2) is 0 Å². The van der Waals surface area contributed by atoms with Crippen LogP contribution in [-0.2, 0) is 9.53 Å². The molecule has 1 rings (SSSR count). The first-order valence-electron chi connectivity index (χ1n) is 5.46. The Morgan fingerprint density at radius 2 is 2.06 bits per heavy atom. The van der Waals surface area contributed by atoms with E-state index in [0.717, 1.165) is 0 Å². The molecular formula is C12H21NO3. The van der Waals surface area contributed by atoms with Crippen LogP contribution in [0.4, 0.5) is 0 Å². The lowest BCUT2D eigenvalue weighted by molar-refractivity contribution is -0.153. The van der Waals surface area contributed by atoms with E-state index in [2.05, 4.69) is 11.9 Å². The maximum absolute atomic E-state index is 11.6. The van der Waals surface area contributed by atoms with Crippen LogP contribution in [0.15, 0.2) is 12.7 Å². The number of carboxylic acid groups (broad SMARTS) is 1. The predicted octanol–water partition coefficient (Wildman–Crippen LogP) is 1.56. The van der Waals surface area contributed by atoms with Gasteiger partial charge in [-0.3, -0.25) is 10.1 Å². The standard InChI is InChI=1S/C12H21NO3/c1-6-7-13-12(9(14)15)8-10(2,3)16-11(12,4)5/h6,13H,1,7-8H2,2-5H3,(H,14,15). The van der Waals surface area contributed by atoms with E-state index in [4.69, 9.17) is 4.74 Å². The molecule has 1 heterocycles. The Labute approximate surface area is 96.7 Å². The Bertz CT molecular complexity index is 309. The van der Waals surface area contributed by atoms with Crippen molar-refractivity contribution in [1.29, 1.82) is 0 Å². The quantitative estimate of drug-likeness (QED) is 0.716. The Balaban J connectivity index is 3.09. The molecular weight excluding hydrogens is 206 g/mol. The van der Waals surface area contributed by atoms with Gasteiger partial charge in [0.25, 0.3) is 0 Å². The fraction of sp³-hybridized carbons (Fsp3) is 0.750. The zero-order valence-corrected chi connectivity index (χ0v) is 10.5. The van der Waals surface area contributed by atoms with Crippen molar-refractivity contribution in [3.63, 3.8) is 0 Å². The molecule has 1 fully saturated rings. The number of hydrogen-bond acceptors (Lipinski definition) is 3. The molecule has 1 unspecified atom stereocenters. The Morgan fingerprint density at radius 3 is 2.38 bits per heavy atom. The first-order valence-corrected chi connectivity index (χ1v) is 5.46. The summed E-state index contributed by atoms with van der Waals surface area (Å²) < 4.78 is 5.83. The lowest BCUT2D eigenvalue weighted by atomic mass is 9.79. The summed E-state index contributed by atoms with van der Waals surface area (Å²) in [5.74, 6) is -0.870. The summed E-state index contributed by atoms with van der Waals surface area (Å²) in [5.41, 5.74) is -2.23. The molecule has 2 N–H and O–H groups in total. The van der Waals surface area contributed by atoms with Crippen LogP contribution in [0.5, 0.6) is 0 Å². The molecule has 1 aliphatic rings. The molecule has 4 heteroatoms. The van der Waals surface area contributed by atoms with Gasteiger partial charge >= 0.3 is 5.97 Å². The molecule has 1 atom stereocenters. The topological polar surface area (TPSA) is 58.6 Å². The van der Waals surface area contributed by atoms with E-state index in [1.54, 1.807) is 6.08 Å². The highest BCUT2D eigenvalue weighted by atomic mass is 16.5. The molecule has 4 nitrogen and oxygen atoms in total. The number of ether oxygens (including phenoxy) is 1. The third-order valence-corrected chi connectivity index (χ3v) is 3.16. The van der Waals surface area contributed by atoms with Gasteiger partial charge in [-0.05, 0) is 27.7 Å². The van der Waals surface area contributed by atoms with Gasteiger partial charge in [-0.15, -0.1) is 6.58 Å². The minimum Gasteiger partial charge on any atom is -0.480 e.